The van der Waals surface area contributed by atoms with E-state index in [4.69, 9.17) is 0 Å². The predicted octanol–water partition coefficient (Wildman–Crippen LogP) is 2.83. The average Bonchev–Trinajstić information content (AvgIpc) is 3.25. The van der Waals surface area contributed by atoms with Crippen molar-refractivity contribution in [3.8, 4) is 0 Å². The Labute approximate surface area is 212 Å². The number of guanidine groups is 1. The molecule has 0 radical (unpaired) electrons. The van der Waals surface area contributed by atoms with E-state index in [2.05, 4.69) is 70.2 Å². The lowest BCUT2D eigenvalue weighted by Gasteiger charge is -2.25. The van der Waals surface area contributed by atoms with Gasteiger partial charge in [-0.15, -0.1) is 24.0 Å². The Bertz CT molecular complexity index is 680. The van der Waals surface area contributed by atoms with Crippen LogP contribution in [-0.2, 0) is 4.79 Å². The van der Waals surface area contributed by atoms with Crippen LogP contribution in [0.4, 0.5) is 5.69 Å². The first-order chi connectivity index (χ1) is 14.9. The van der Waals surface area contributed by atoms with E-state index in [1.54, 1.807) is 19.0 Å². The molecule has 1 fully saturated rings. The highest BCUT2D eigenvalue weighted by Gasteiger charge is 2.26. The number of para-hydroxylation sites is 1. The summed E-state index contributed by atoms with van der Waals surface area (Å²) in [5.74, 6) is 1.56. The molecule has 1 amide bonds. The van der Waals surface area contributed by atoms with Gasteiger partial charge in [-0.25, -0.2) is 4.99 Å². The number of benzene rings is 1. The molecule has 182 valence electrons. The van der Waals surface area contributed by atoms with Crippen molar-refractivity contribution in [3.63, 3.8) is 0 Å². The number of carbonyl (C=O) groups is 1. The van der Waals surface area contributed by atoms with Gasteiger partial charge in [-0.3, -0.25) is 4.79 Å². The number of carbonyl (C=O) groups excluding carboxylic acids is 1. The molecule has 1 aromatic rings. The van der Waals surface area contributed by atoms with Crippen LogP contribution in [0.5, 0.6) is 0 Å². The van der Waals surface area contributed by atoms with Crippen LogP contribution in [0.1, 0.15) is 26.7 Å². The summed E-state index contributed by atoms with van der Waals surface area (Å²) in [6.45, 7) is 11.8. The zero-order chi connectivity index (χ0) is 22.6. The molecular formula is C24H43IN6O. The molecule has 0 saturated carbocycles. The highest BCUT2D eigenvalue weighted by atomic mass is 127. The van der Waals surface area contributed by atoms with Gasteiger partial charge in [0.25, 0.3) is 0 Å². The topological polar surface area (TPSA) is 54.4 Å². The van der Waals surface area contributed by atoms with Crippen molar-refractivity contribution in [1.82, 2.24) is 20.0 Å². The van der Waals surface area contributed by atoms with Crippen molar-refractivity contribution in [2.45, 2.75) is 26.7 Å². The third-order valence-corrected chi connectivity index (χ3v) is 6.01. The Morgan fingerprint density at radius 2 is 1.84 bits per heavy atom. The minimum Gasteiger partial charge on any atom is -0.375 e. The van der Waals surface area contributed by atoms with Crippen LogP contribution in [0, 0.1) is 5.92 Å². The third-order valence-electron chi connectivity index (χ3n) is 6.01. The van der Waals surface area contributed by atoms with Crippen molar-refractivity contribution in [2.75, 3.05) is 78.4 Å². The number of amides is 1. The van der Waals surface area contributed by atoms with Crippen molar-refractivity contribution in [1.29, 1.82) is 0 Å². The fourth-order valence-electron chi connectivity index (χ4n) is 3.90. The number of nitrogens with zero attached hydrogens (tertiary/aromatic N) is 5. The first kappa shape index (κ1) is 28.5. The lowest BCUT2D eigenvalue weighted by Crippen LogP contribution is -2.42. The lowest BCUT2D eigenvalue weighted by atomic mass is 10.1. The molecule has 0 bridgehead atoms. The van der Waals surface area contributed by atoms with Crippen molar-refractivity contribution in [3.05, 3.63) is 30.3 Å². The molecule has 0 spiro atoms. The van der Waals surface area contributed by atoms with Crippen LogP contribution in [0.25, 0.3) is 0 Å². The molecule has 2 rings (SSSR count). The molecule has 7 nitrogen and oxygen atoms in total. The first-order valence-electron chi connectivity index (χ1n) is 11.7. The van der Waals surface area contributed by atoms with Gasteiger partial charge in [0.2, 0.25) is 5.91 Å². The van der Waals surface area contributed by atoms with E-state index >= 15 is 0 Å². The molecule has 1 unspecified atom stereocenters. The predicted molar refractivity (Wildman–Crippen MR) is 146 cm³/mol. The second kappa shape index (κ2) is 15.3. The zero-order valence-electron chi connectivity index (χ0n) is 20.6. The number of halogens is 1. The molecule has 1 aliphatic rings. The highest BCUT2D eigenvalue weighted by molar-refractivity contribution is 14.0. The molecule has 1 heterocycles. The van der Waals surface area contributed by atoms with E-state index in [0.29, 0.717) is 5.92 Å². The minimum atomic E-state index is 0. The van der Waals surface area contributed by atoms with Crippen LogP contribution in [0.2, 0.25) is 0 Å². The molecule has 8 heteroatoms. The maximum Gasteiger partial charge on any atom is 0.243 e. The number of rotatable bonds is 11. The SMILES string of the molecule is CCN(CC)CC1CCN(C(=NCC(=O)N(C)C)NCCCN(C)c2ccccc2)C1.I. The normalized spacial score (nSPS) is 16.1. The van der Waals surface area contributed by atoms with E-state index < -0.39 is 0 Å². The van der Waals surface area contributed by atoms with Gasteiger partial charge in [0.1, 0.15) is 6.54 Å². The molecular weight excluding hydrogens is 515 g/mol. The minimum absolute atomic E-state index is 0. The fraction of sp³-hybridized carbons (Fsp3) is 0.667. The number of likely N-dealkylation sites (tertiary alicyclic amines) is 1. The molecule has 0 aromatic heterocycles. The monoisotopic (exact) mass is 558 g/mol. The molecule has 1 saturated heterocycles. The van der Waals surface area contributed by atoms with E-state index in [9.17, 15) is 4.79 Å². The summed E-state index contributed by atoms with van der Waals surface area (Å²) < 4.78 is 0. The summed E-state index contributed by atoms with van der Waals surface area (Å²) in [6, 6.07) is 10.4. The van der Waals surface area contributed by atoms with E-state index in [1.807, 2.05) is 6.07 Å². The number of aliphatic imine (C=N–C) groups is 1. The van der Waals surface area contributed by atoms with E-state index in [1.165, 1.54) is 12.1 Å². The van der Waals surface area contributed by atoms with Gasteiger partial charge >= 0.3 is 0 Å². The number of hydrogen-bond acceptors (Lipinski definition) is 4. The summed E-state index contributed by atoms with van der Waals surface area (Å²) in [7, 11) is 5.68. The summed E-state index contributed by atoms with van der Waals surface area (Å²) in [5.41, 5.74) is 1.23. The molecule has 1 aromatic carbocycles. The first-order valence-corrected chi connectivity index (χ1v) is 11.7. The number of anilines is 1. The fourth-order valence-corrected chi connectivity index (χ4v) is 3.90. The largest absolute Gasteiger partial charge is 0.375 e. The van der Waals surface area contributed by atoms with Crippen molar-refractivity contribution >= 4 is 41.5 Å². The van der Waals surface area contributed by atoms with Crippen LogP contribution in [-0.4, -0.2) is 100 Å². The van der Waals surface area contributed by atoms with Gasteiger partial charge in [-0.05, 0) is 44.0 Å². The van der Waals surface area contributed by atoms with Crippen LogP contribution < -0.4 is 10.2 Å². The van der Waals surface area contributed by atoms with Crippen LogP contribution >= 0.6 is 24.0 Å². The summed E-state index contributed by atoms with van der Waals surface area (Å²) in [5, 5.41) is 3.53. The zero-order valence-corrected chi connectivity index (χ0v) is 22.9. The smallest absolute Gasteiger partial charge is 0.243 e. The maximum atomic E-state index is 12.1. The summed E-state index contributed by atoms with van der Waals surface area (Å²) in [6.07, 6.45) is 2.18. The lowest BCUT2D eigenvalue weighted by molar-refractivity contribution is -0.127. The van der Waals surface area contributed by atoms with Crippen LogP contribution in [0.3, 0.4) is 0 Å². The molecule has 0 aliphatic carbocycles. The Morgan fingerprint density at radius 3 is 2.47 bits per heavy atom. The molecule has 32 heavy (non-hydrogen) atoms. The van der Waals surface area contributed by atoms with Crippen LogP contribution in [0.15, 0.2) is 35.3 Å². The quantitative estimate of drug-likeness (QED) is 0.196. The number of nitrogens with one attached hydrogen (secondary N) is 1. The van der Waals surface area contributed by atoms with Gasteiger partial charge in [-0.1, -0.05) is 32.0 Å². The van der Waals surface area contributed by atoms with Gasteiger partial charge in [0, 0.05) is 59.6 Å². The standard InChI is InChI=1S/C24H42N6O.HI/c1-6-29(7-2)19-21-14-17-30(20-21)24(26-18-23(31)27(3)4)25-15-11-16-28(5)22-12-9-8-10-13-22;/h8-10,12-13,21H,6-7,11,14-20H2,1-5H3,(H,25,26);1H. The summed E-state index contributed by atoms with van der Waals surface area (Å²) >= 11 is 0. The highest BCUT2D eigenvalue weighted by Crippen LogP contribution is 2.18. The van der Waals surface area contributed by atoms with Gasteiger partial charge in [0.15, 0.2) is 5.96 Å². The molecule has 1 N–H and O–H groups in total. The van der Waals surface area contributed by atoms with Crippen molar-refractivity contribution in [2.24, 2.45) is 10.9 Å². The maximum absolute atomic E-state index is 12.1. The van der Waals surface area contributed by atoms with E-state index in [-0.39, 0.29) is 36.4 Å². The van der Waals surface area contributed by atoms with Crippen molar-refractivity contribution < 1.29 is 4.79 Å². The Morgan fingerprint density at radius 1 is 1.16 bits per heavy atom. The Kier molecular flexibility index (Phi) is 13.6. The summed E-state index contributed by atoms with van der Waals surface area (Å²) in [4.78, 5) is 25.4. The van der Waals surface area contributed by atoms with Gasteiger partial charge in [0.05, 0.1) is 0 Å². The van der Waals surface area contributed by atoms with E-state index in [0.717, 1.165) is 58.2 Å². The molecule has 1 atom stereocenters. The van der Waals surface area contributed by atoms with Gasteiger partial charge < -0.3 is 24.9 Å². The third kappa shape index (κ3) is 9.52. The Hall–Kier alpha value is -1.55. The second-order valence-corrected chi connectivity index (χ2v) is 8.55. The number of likely N-dealkylation sites (N-methyl/N-ethyl adjacent to an activating group) is 1. The molecule has 1 aliphatic heterocycles. The van der Waals surface area contributed by atoms with Gasteiger partial charge in [-0.2, -0.15) is 0 Å². The number of hydrogen-bond donors (Lipinski definition) is 1. The average molecular weight is 559 g/mol. The second-order valence-electron chi connectivity index (χ2n) is 8.55. The Balaban J connectivity index is 0.00000512.